The van der Waals surface area contributed by atoms with Gasteiger partial charge in [0.05, 0.1) is 6.04 Å². The highest BCUT2D eigenvalue weighted by atomic mass is 32.1. The molecule has 19 heavy (non-hydrogen) atoms. The van der Waals surface area contributed by atoms with Gasteiger partial charge in [0.25, 0.3) is 0 Å². The third-order valence-corrected chi connectivity index (χ3v) is 3.61. The van der Waals surface area contributed by atoms with E-state index in [1.165, 1.54) is 0 Å². The van der Waals surface area contributed by atoms with Crippen molar-refractivity contribution in [1.29, 1.82) is 0 Å². The van der Waals surface area contributed by atoms with Crippen molar-refractivity contribution in [3.8, 4) is 0 Å². The number of rotatable bonds is 8. The number of carboxylic acid groups (broad SMARTS) is 1. The zero-order valence-corrected chi connectivity index (χ0v) is 11.8. The van der Waals surface area contributed by atoms with Gasteiger partial charge in [-0.05, 0) is 24.3 Å². The molecule has 0 aromatic carbocycles. The summed E-state index contributed by atoms with van der Waals surface area (Å²) in [6.45, 7) is 2.45. The van der Waals surface area contributed by atoms with Gasteiger partial charge in [0.15, 0.2) is 0 Å². The number of carbonyl (C=O) groups excluding carboxylic acids is 1. The van der Waals surface area contributed by atoms with Crippen molar-refractivity contribution < 1.29 is 14.7 Å². The van der Waals surface area contributed by atoms with Crippen molar-refractivity contribution in [3.63, 3.8) is 0 Å². The number of thiophene rings is 1. The van der Waals surface area contributed by atoms with Gasteiger partial charge in [-0.1, -0.05) is 19.4 Å². The molecule has 1 aromatic heterocycles. The lowest BCUT2D eigenvalue weighted by Gasteiger charge is -2.17. The highest BCUT2D eigenvalue weighted by Crippen LogP contribution is 2.22. The first-order chi connectivity index (χ1) is 9.13. The second-order valence-corrected chi connectivity index (χ2v) is 5.23. The molecule has 0 fully saturated rings. The molecule has 0 aliphatic rings. The SMILES string of the molecule is CCCC(NC(=O)NCCCC(=O)O)c1cccs1. The van der Waals surface area contributed by atoms with Crippen LogP contribution in [0.5, 0.6) is 0 Å². The lowest BCUT2D eigenvalue weighted by molar-refractivity contribution is -0.137. The average molecular weight is 284 g/mol. The quantitative estimate of drug-likeness (QED) is 0.642. The molecule has 3 N–H and O–H groups in total. The Labute approximate surface area is 117 Å². The number of hydrogen-bond donors (Lipinski definition) is 3. The summed E-state index contributed by atoms with van der Waals surface area (Å²) in [5.41, 5.74) is 0. The van der Waals surface area contributed by atoms with Gasteiger partial charge in [-0.2, -0.15) is 0 Å². The Balaban J connectivity index is 2.33. The maximum atomic E-state index is 11.7. The van der Waals surface area contributed by atoms with Crippen molar-refractivity contribution in [2.24, 2.45) is 0 Å². The summed E-state index contributed by atoms with van der Waals surface area (Å²) < 4.78 is 0. The fraction of sp³-hybridized carbons (Fsp3) is 0.538. The molecule has 1 aromatic rings. The number of hydrogen-bond acceptors (Lipinski definition) is 3. The van der Waals surface area contributed by atoms with Crippen molar-refractivity contribution in [1.82, 2.24) is 10.6 Å². The van der Waals surface area contributed by atoms with E-state index in [-0.39, 0.29) is 18.5 Å². The van der Waals surface area contributed by atoms with Gasteiger partial charge in [0, 0.05) is 17.8 Å². The van der Waals surface area contributed by atoms with Crippen LogP contribution in [-0.4, -0.2) is 23.7 Å². The third-order valence-electron chi connectivity index (χ3n) is 2.62. The molecule has 1 rings (SSSR count). The summed E-state index contributed by atoms with van der Waals surface area (Å²) in [5.74, 6) is -0.843. The van der Waals surface area contributed by atoms with Gasteiger partial charge in [-0.15, -0.1) is 11.3 Å². The zero-order valence-electron chi connectivity index (χ0n) is 11.0. The molecule has 1 heterocycles. The Kier molecular flexibility index (Phi) is 6.95. The van der Waals surface area contributed by atoms with Crippen molar-refractivity contribution >= 4 is 23.3 Å². The minimum absolute atomic E-state index is 0.0319. The summed E-state index contributed by atoms with van der Waals surface area (Å²) in [4.78, 5) is 23.2. The normalized spacial score (nSPS) is 11.8. The number of urea groups is 1. The van der Waals surface area contributed by atoms with Crippen LogP contribution in [0, 0.1) is 0 Å². The maximum absolute atomic E-state index is 11.7. The molecule has 1 atom stereocenters. The smallest absolute Gasteiger partial charge is 0.315 e. The van der Waals surface area contributed by atoms with Crippen molar-refractivity contribution in [2.75, 3.05) is 6.54 Å². The van der Waals surface area contributed by atoms with Crippen LogP contribution in [0.1, 0.15) is 43.5 Å². The first-order valence-electron chi connectivity index (χ1n) is 6.43. The van der Waals surface area contributed by atoms with Crippen LogP contribution < -0.4 is 10.6 Å². The fourth-order valence-electron chi connectivity index (χ4n) is 1.71. The molecule has 0 aliphatic carbocycles. The van der Waals surface area contributed by atoms with Crippen LogP contribution >= 0.6 is 11.3 Å². The summed E-state index contributed by atoms with van der Waals surface area (Å²) in [5, 5.41) is 16.1. The van der Waals surface area contributed by atoms with Crippen LogP contribution in [0.2, 0.25) is 0 Å². The van der Waals surface area contributed by atoms with E-state index in [2.05, 4.69) is 17.6 Å². The van der Waals surface area contributed by atoms with E-state index in [1.54, 1.807) is 11.3 Å². The molecule has 0 saturated heterocycles. The highest BCUT2D eigenvalue weighted by molar-refractivity contribution is 7.10. The van der Waals surface area contributed by atoms with Crippen LogP contribution in [0.3, 0.4) is 0 Å². The van der Waals surface area contributed by atoms with Gasteiger partial charge in [0.2, 0.25) is 0 Å². The van der Waals surface area contributed by atoms with Crippen LogP contribution in [0.4, 0.5) is 4.79 Å². The number of carbonyl (C=O) groups is 2. The summed E-state index contributed by atoms with van der Waals surface area (Å²) >= 11 is 1.63. The van der Waals surface area contributed by atoms with E-state index in [4.69, 9.17) is 5.11 Å². The van der Waals surface area contributed by atoms with Crippen molar-refractivity contribution in [3.05, 3.63) is 22.4 Å². The summed E-state index contributed by atoms with van der Waals surface area (Å²) in [6.07, 6.45) is 2.40. The number of nitrogens with one attached hydrogen (secondary N) is 2. The molecule has 1 unspecified atom stereocenters. The standard InChI is InChI=1S/C13H20N2O3S/c1-2-5-10(11-6-4-9-19-11)15-13(18)14-8-3-7-12(16)17/h4,6,9-10H,2-3,5,7-8H2,1H3,(H,16,17)(H2,14,15,18). The maximum Gasteiger partial charge on any atom is 0.315 e. The summed E-state index contributed by atoms with van der Waals surface area (Å²) in [7, 11) is 0. The number of aliphatic carboxylic acids is 1. The van der Waals surface area contributed by atoms with Crippen LogP contribution in [0.15, 0.2) is 17.5 Å². The van der Waals surface area contributed by atoms with Crippen molar-refractivity contribution in [2.45, 2.75) is 38.6 Å². The predicted molar refractivity (Wildman–Crippen MR) is 75.4 cm³/mol. The number of amides is 2. The lowest BCUT2D eigenvalue weighted by Crippen LogP contribution is -2.38. The minimum Gasteiger partial charge on any atom is -0.481 e. The van der Waals surface area contributed by atoms with Crippen LogP contribution in [0.25, 0.3) is 0 Å². The third kappa shape index (κ3) is 6.24. The van der Waals surface area contributed by atoms with Gasteiger partial charge in [-0.25, -0.2) is 4.79 Å². The van der Waals surface area contributed by atoms with E-state index in [9.17, 15) is 9.59 Å². The molecule has 0 spiro atoms. The second kappa shape index (κ2) is 8.53. The lowest BCUT2D eigenvalue weighted by atomic mass is 10.1. The Bertz CT molecular complexity index is 393. The molecule has 0 bridgehead atoms. The van der Waals surface area contributed by atoms with E-state index >= 15 is 0 Å². The first-order valence-corrected chi connectivity index (χ1v) is 7.31. The molecule has 0 radical (unpaired) electrons. The molecule has 106 valence electrons. The molecular weight excluding hydrogens is 264 g/mol. The Morgan fingerprint density at radius 1 is 1.47 bits per heavy atom. The Morgan fingerprint density at radius 3 is 2.84 bits per heavy atom. The van der Waals surface area contributed by atoms with Gasteiger partial charge < -0.3 is 15.7 Å². The van der Waals surface area contributed by atoms with Crippen LogP contribution in [-0.2, 0) is 4.79 Å². The van der Waals surface area contributed by atoms with Gasteiger partial charge in [-0.3, -0.25) is 4.79 Å². The number of carboxylic acids is 1. The highest BCUT2D eigenvalue weighted by Gasteiger charge is 2.14. The topological polar surface area (TPSA) is 78.4 Å². The van der Waals surface area contributed by atoms with E-state index in [0.29, 0.717) is 13.0 Å². The largest absolute Gasteiger partial charge is 0.481 e. The molecule has 0 saturated carbocycles. The predicted octanol–water partition coefficient (Wildman–Crippen LogP) is 2.75. The van der Waals surface area contributed by atoms with E-state index in [1.807, 2.05) is 17.5 Å². The summed E-state index contributed by atoms with van der Waals surface area (Å²) in [6, 6.07) is 3.77. The minimum atomic E-state index is -0.843. The van der Waals surface area contributed by atoms with E-state index in [0.717, 1.165) is 17.7 Å². The molecule has 0 aliphatic heterocycles. The average Bonchev–Trinajstić information content (AvgIpc) is 2.87. The Hall–Kier alpha value is -1.56. The zero-order chi connectivity index (χ0) is 14.1. The molecule has 6 heteroatoms. The Morgan fingerprint density at radius 2 is 2.26 bits per heavy atom. The van der Waals surface area contributed by atoms with Gasteiger partial charge >= 0.3 is 12.0 Å². The molecule has 2 amide bonds. The molecular formula is C13H20N2O3S. The van der Waals surface area contributed by atoms with E-state index < -0.39 is 5.97 Å². The first kappa shape index (κ1) is 15.5. The second-order valence-electron chi connectivity index (χ2n) is 4.25. The molecule has 5 nitrogen and oxygen atoms in total. The fourth-order valence-corrected chi connectivity index (χ4v) is 2.53. The van der Waals surface area contributed by atoms with Gasteiger partial charge in [0.1, 0.15) is 0 Å². The monoisotopic (exact) mass is 284 g/mol.